The van der Waals surface area contributed by atoms with Gasteiger partial charge in [0.2, 0.25) is 0 Å². The minimum absolute atomic E-state index is 0.162. The van der Waals surface area contributed by atoms with Crippen LogP contribution in [-0.2, 0) is 0 Å². The molecule has 5 aromatic carbocycles. The quantitative estimate of drug-likeness (QED) is 0.0850. The third-order valence-corrected chi connectivity index (χ3v) is 11.3. The van der Waals surface area contributed by atoms with Crippen LogP contribution in [0.25, 0.3) is 39.0 Å². The summed E-state index contributed by atoms with van der Waals surface area (Å²) < 4.78 is 0. The molecule has 0 N–H and O–H groups in total. The number of hydrogen-bond donors (Lipinski definition) is 0. The summed E-state index contributed by atoms with van der Waals surface area (Å²) in [4.78, 5) is 2.45. The third-order valence-electron chi connectivity index (χ3n) is 11.3. The van der Waals surface area contributed by atoms with Gasteiger partial charge in [-0.25, -0.2) is 0 Å². The van der Waals surface area contributed by atoms with Crippen molar-refractivity contribution in [2.75, 3.05) is 4.90 Å². The zero-order valence-electron chi connectivity index (χ0n) is 35.2. The maximum absolute atomic E-state index is 3.83. The number of allylic oxidation sites excluding steroid dienone is 19. The summed E-state index contributed by atoms with van der Waals surface area (Å²) in [6.45, 7) is 10.4. The fourth-order valence-electron chi connectivity index (χ4n) is 7.83. The van der Waals surface area contributed by atoms with Gasteiger partial charge in [0.15, 0.2) is 0 Å². The van der Waals surface area contributed by atoms with Gasteiger partial charge >= 0.3 is 0 Å². The largest absolute Gasteiger partial charge is 0.314 e. The Morgan fingerprint density at radius 3 is 2.08 bits per heavy atom. The molecule has 60 heavy (non-hydrogen) atoms. The molecule has 1 heteroatoms. The minimum Gasteiger partial charge on any atom is -0.314 e. The van der Waals surface area contributed by atoms with Crippen molar-refractivity contribution in [1.29, 1.82) is 0 Å². The lowest BCUT2D eigenvalue weighted by Gasteiger charge is -2.29. The molecular formula is C59H55N. The van der Waals surface area contributed by atoms with Crippen LogP contribution in [0.3, 0.4) is 0 Å². The maximum atomic E-state index is 3.83. The van der Waals surface area contributed by atoms with Crippen molar-refractivity contribution in [3.8, 4) is 33.4 Å². The maximum Gasteiger partial charge on any atom is 0.0464 e. The van der Waals surface area contributed by atoms with Crippen LogP contribution in [0.1, 0.15) is 39.2 Å². The van der Waals surface area contributed by atoms with Crippen LogP contribution in [-0.4, -0.2) is 0 Å². The van der Waals surface area contributed by atoms with Crippen molar-refractivity contribution >= 4 is 11.3 Å². The van der Waals surface area contributed by atoms with E-state index in [-0.39, 0.29) is 11.8 Å². The van der Waals surface area contributed by atoms with Crippen LogP contribution in [0.5, 0.6) is 0 Å². The van der Waals surface area contributed by atoms with Crippen molar-refractivity contribution in [1.82, 2.24) is 0 Å². The molecule has 0 aliphatic heterocycles. The van der Waals surface area contributed by atoms with Crippen LogP contribution in [0.4, 0.5) is 5.69 Å². The van der Waals surface area contributed by atoms with Crippen molar-refractivity contribution in [3.63, 3.8) is 0 Å². The Bertz CT molecular complexity index is 2560. The van der Waals surface area contributed by atoms with Gasteiger partial charge in [-0.05, 0) is 107 Å². The second kappa shape index (κ2) is 20.6. The predicted molar refractivity (Wildman–Crippen MR) is 261 cm³/mol. The Kier molecular flexibility index (Phi) is 14.2. The molecule has 7 rings (SSSR count). The van der Waals surface area contributed by atoms with E-state index in [1.807, 2.05) is 12.2 Å². The van der Waals surface area contributed by atoms with Gasteiger partial charge in [0, 0.05) is 29.4 Å². The summed E-state index contributed by atoms with van der Waals surface area (Å²) in [6.07, 6.45) is 37.2. The van der Waals surface area contributed by atoms with Crippen LogP contribution >= 0.6 is 0 Å². The van der Waals surface area contributed by atoms with Crippen LogP contribution in [0.2, 0.25) is 0 Å². The molecule has 0 saturated carbocycles. The zero-order valence-corrected chi connectivity index (χ0v) is 35.2. The van der Waals surface area contributed by atoms with Crippen molar-refractivity contribution in [2.45, 2.75) is 33.6 Å². The second-order valence-corrected chi connectivity index (χ2v) is 15.2. The molecule has 1 nitrogen and oxygen atoms in total. The van der Waals surface area contributed by atoms with Crippen LogP contribution < -0.4 is 4.90 Å². The Hall–Kier alpha value is -6.96. The van der Waals surface area contributed by atoms with E-state index in [2.05, 4.69) is 251 Å². The molecule has 0 fully saturated rings. The van der Waals surface area contributed by atoms with Crippen LogP contribution in [0, 0.1) is 11.8 Å². The van der Waals surface area contributed by atoms with Gasteiger partial charge in [0.25, 0.3) is 0 Å². The lowest BCUT2D eigenvalue weighted by atomic mass is 9.86. The SMILES string of the molecule is C=C/C=C\C=C(/C)C(C)/C=C\C(=C/C)N(C1=CC=C(c2ccccc2)C(C2C=CC/C=C\C=C/2)=CC1)c1cccc(-c2ccc(-c3ccccc3)c(-c3ccccc3)c2)c1. The normalized spacial score (nSPS) is 17.5. The van der Waals surface area contributed by atoms with Crippen molar-refractivity contribution < 1.29 is 0 Å². The first kappa shape index (κ1) is 41.2. The third kappa shape index (κ3) is 10.2. The first-order chi connectivity index (χ1) is 29.5. The zero-order chi connectivity index (χ0) is 41.5. The number of nitrogens with zero attached hydrogens (tertiary/aromatic N) is 1. The van der Waals surface area contributed by atoms with Gasteiger partial charge in [0.05, 0.1) is 0 Å². The predicted octanol–water partition coefficient (Wildman–Crippen LogP) is 16.3. The van der Waals surface area contributed by atoms with Gasteiger partial charge < -0.3 is 4.90 Å². The van der Waals surface area contributed by atoms with E-state index < -0.39 is 0 Å². The van der Waals surface area contributed by atoms with Gasteiger partial charge in [-0.2, -0.15) is 0 Å². The molecule has 0 aromatic heterocycles. The molecule has 2 atom stereocenters. The first-order valence-electron chi connectivity index (χ1n) is 21.2. The molecule has 0 heterocycles. The molecule has 2 unspecified atom stereocenters. The monoisotopic (exact) mass is 777 g/mol. The smallest absolute Gasteiger partial charge is 0.0464 e. The van der Waals surface area contributed by atoms with Crippen molar-refractivity contribution in [3.05, 3.63) is 265 Å². The number of anilines is 1. The summed E-state index contributed by atoms with van der Waals surface area (Å²) in [5, 5.41) is 0. The molecule has 0 spiro atoms. The van der Waals surface area contributed by atoms with E-state index in [9.17, 15) is 0 Å². The average Bonchev–Trinajstić information content (AvgIpc) is 3.51. The standard InChI is InChI=1S/C59H55N/c1-5-7-14-24-45(3)46(4)35-37-53(6-2)60(54-38-41-56(47-25-15-9-8-10-16-26-47)57(42-39-54)48-27-17-11-18-28-48)55-34-23-33-51(43-55)52-36-40-58(49-29-19-12-20-30-49)59(44-52)50-31-21-13-22-32-50/h5-9,11-37,39-44,46-47H,1,10,38H2,2-4H3/b9-8-,14-7-,25-15-,26-16?,37-35-,45-24+,53-6+. The molecule has 0 saturated heterocycles. The fourth-order valence-corrected chi connectivity index (χ4v) is 7.83. The summed E-state index contributed by atoms with van der Waals surface area (Å²) in [5.41, 5.74) is 15.7. The average molecular weight is 778 g/mol. The van der Waals surface area contributed by atoms with Gasteiger partial charge in [-0.15, -0.1) is 0 Å². The molecule has 0 radical (unpaired) electrons. The molecular weight excluding hydrogens is 723 g/mol. The topological polar surface area (TPSA) is 3.24 Å². The summed E-state index contributed by atoms with van der Waals surface area (Å²) in [6, 6.07) is 48.2. The van der Waals surface area contributed by atoms with Crippen LogP contribution in [0.15, 0.2) is 260 Å². The highest BCUT2D eigenvalue weighted by atomic mass is 15.2. The summed E-state index contributed by atoms with van der Waals surface area (Å²) in [7, 11) is 0. The highest BCUT2D eigenvalue weighted by Crippen LogP contribution is 2.40. The second-order valence-electron chi connectivity index (χ2n) is 15.2. The van der Waals surface area contributed by atoms with Gasteiger partial charge in [-0.3, -0.25) is 0 Å². The first-order valence-corrected chi connectivity index (χ1v) is 21.2. The molecule has 0 amide bonds. The van der Waals surface area contributed by atoms with E-state index >= 15 is 0 Å². The Morgan fingerprint density at radius 2 is 1.37 bits per heavy atom. The Labute approximate surface area is 358 Å². The lowest BCUT2D eigenvalue weighted by molar-refractivity contribution is 0.860. The highest BCUT2D eigenvalue weighted by Gasteiger charge is 2.22. The molecule has 2 aliphatic rings. The van der Waals surface area contributed by atoms with E-state index in [0.717, 1.165) is 24.2 Å². The molecule has 0 bridgehead atoms. The number of benzene rings is 5. The van der Waals surface area contributed by atoms with Gasteiger partial charge in [0.1, 0.15) is 0 Å². The van der Waals surface area contributed by atoms with Gasteiger partial charge in [-0.1, -0.05) is 219 Å². The van der Waals surface area contributed by atoms with Crippen molar-refractivity contribution in [2.24, 2.45) is 11.8 Å². The molecule has 5 aromatic rings. The van der Waals surface area contributed by atoms with E-state index in [1.54, 1.807) is 0 Å². The lowest BCUT2D eigenvalue weighted by Crippen LogP contribution is -2.21. The molecule has 2 aliphatic carbocycles. The molecule has 296 valence electrons. The Balaban J connectivity index is 1.35. The summed E-state index contributed by atoms with van der Waals surface area (Å²) in [5.74, 6) is 0.406. The minimum atomic E-state index is 0.162. The van der Waals surface area contributed by atoms with E-state index in [0.29, 0.717) is 0 Å². The highest BCUT2D eigenvalue weighted by molar-refractivity contribution is 5.88. The number of rotatable bonds is 13. The van der Waals surface area contributed by atoms with E-state index in [4.69, 9.17) is 0 Å². The van der Waals surface area contributed by atoms with E-state index in [1.165, 1.54) is 61.4 Å². The Morgan fingerprint density at radius 1 is 0.683 bits per heavy atom. The fraction of sp³-hybridized carbons (Fsp3) is 0.119. The number of hydrogen-bond acceptors (Lipinski definition) is 1. The summed E-state index contributed by atoms with van der Waals surface area (Å²) >= 11 is 0.